The van der Waals surface area contributed by atoms with E-state index in [1.807, 2.05) is 0 Å². The smallest absolute Gasteiger partial charge is 0.416 e. The Balaban J connectivity index is 2.52. The molecule has 0 bridgehead atoms. The second-order valence-corrected chi connectivity index (χ2v) is 4.43. The first-order chi connectivity index (χ1) is 9.82. The van der Waals surface area contributed by atoms with Crippen LogP contribution in [0.1, 0.15) is 12.0 Å². The van der Waals surface area contributed by atoms with E-state index < -0.39 is 17.7 Å². The second-order valence-electron chi connectivity index (χ2n) is 4.43. The Bertz CT molecular complexity index is 734. The van der Waals surface area contributed by atoms with Gasteiger partial charge in [-0.05, 0) is 18.2 Å². The van der Waals surface area contributed by atoms with Gasteiger partial charge in [-0.3, -0.25) is 9.59 Å². The number of alkyl halides is 3. The molecule has 2 aromatic rings. The number of benzene rings is 1. The molecule has 1 aromatic carbocycles. The quantitative estimate of drug-likeness (QED) is 0.818. The minimum absolute atomic E-state index is 0.00468. The third-order valence-electron chi connectivity index (χ3n) is 3.09. The molecular weight excluding hydrogens is 287 g/mol. The Morgan fingerprint density at radius 1 is 1.29 bits per heavy atom. The van der Waals surface area contributed by atoms with Crippen molar-refractivity contribution in [2.75, 3.05) is 7.11 Å². The zero-order valence-electron chi connectivity index (χ0n) is 11.1. The number of halogens is 3. The van der Waals surface area contributed by atoms with Crippen molar-refractivity contribution in [2.45, 2.75) is 19.1 Å². The van der Waals surface area contributed by atoms with Gasteiger partial charge in [0.15, 0.2) is 5.43 Å². The van der Waals surface area contributed by atoms with E-state index >= 15 is 0 Å². The third kappa shape index (κ3) is 3.24. The number of aryl methyl sites for hydroxylation is 1. The summed E-state index contributed by atoms with van der Waals surface area (Å²) in [5.41, 5.74) is -1.07. The fraction of sp³-hybridized carbons (Fsp3) is 0.286. The van der Waals surface area contributed by atoms with E-state index in [0.29, 0.717) is 0 Å². The van der Waals surface area contributed by atoms with E-state index in [9.17, 15) is 22.8 Å². The van der Waals surface area contributed by atoms with E-state index in [0.717, 1.165) is 18.2 Å². The zero-order valence-corrected chi connectivity index (χ0v) is 11.1. The summed E-state index contributed by atoms with van der Waals surface area (Å²) in [5, 5.41) is 0.176. The van der Waals surface area contributed by atoms with Crippen LogP contribution < -0.4 is 5.43 Å². The zero-order chi connectivity index (χ0) is 15.6. The summed E-state index contributed by atoms with van der Waals surface area (Å²) in [6.45, 7) is 0.130. The maximum absolute atomic E-state index is 12.8. The van der Waals surface area contributed by atoms with Gasteiger partial charge in [0.25, 0.3) is 0 Å². The predicted molar refractivity (Wildman–Crippen MR) is 69.8 cm³/mol. The summed E-state index contributed by atoms with van der Waals surface area (Å²) in [7, 11) is 1.23. The van der Waals surface area contributed by atoms with E-state index in [1.54, 1.807) is 0 Å². The molecule has 0 radical (unpaired) electrons. The highest BCUT2D eigenvalue weighted by Gasteiger charge is 2.30. The average molecular weight is 299 g/mol. The molecular formula is C14H12F3NO3. The van der Waals surface area contributed by atoms with Gasteiger partial charge in [0.1, 0.15) is 0 Å². The van der Waals surface area contributed by atoms with Crippen molar-refractivity contribution in [1.82, 2.24) is 4.57 Å². The topological polar surface area (TPSA) is 48.3 Å². The Morgan fingerprint density at radius 2 is 2.00 bits per heavy atom. The van der Waals surface area contributed by atoms with Crippen molar-refractivity contribution >= 4 is 16.9 Å². The van der Waals surface area contributed by atoms with Gasteiger partial charge in [-0.2, -0.15) is 13.2 Å². The molecule has 0 N–H and O–H groups in total. The number of nitrogens with zero attached hydrogens (tertiary/aromatic N) is 1. The molecule has 0 amide bonds. The van der Waals surface area contributed by atoms with Gasteiger partial charge < -0.3 is 9.30 Å². The van der Waals surface area contributed by atoms with Gasteiger partial charge >= 0.3 is 12.1 Å². The lowest BCUT2D eigenvalue weighted by Gasteiger charge is -2.12. The summed E-state index contributed by atoms with van der Waals surface area (Å²) < 4.78 is 44.2. The number of carbonyl (C=O) groups is 1. The summed E-state index contributed by atoms with van der Waals surface area (Å²) >= 11 is 0. The standard InChI is InChI=1S/C14H12F3NO3/c1-21-13(20)5-7-18-6-4-12(19)10-3-2-9(8-11(10)18)14(15,16)17/h2-4,6,8H,5,7H2,1H3. The van der Waals surface area contributed by atoms with Gasteiger partial charge in [0, 0.05) is 24.2 Å². The lowest BCUT2D eigenvalue weighted by Crippen LogP contribution is -2.13. The van der Waals surface area contributed by atoms with Gasteiger partial charge in [0.05, 0.1) is 24.6 Å². The summed E-state index contributed by atoms with van der Waals surface area (Å²) in [6, 6.07) is 4.18. The first-order valence-electron chi connectivity index (χ1n) is 6.10. The molecule has 0 fully saturated rings. The van der Waals surface area contributed by atoms with Crippen LogP contribution in [0.25, 0.3) is 10.9 Å². The van der Waals surface area contributed by atoms with Crippen LogP contribution in [0.5, 0.6) is 0 Å². The highest BCUT2D eigenvalue weighted by atomic mass is 19.4. The number of carbonyl (C=O) groups excluding carboxylic acids is 1. The summed E-state index contributed by atoms with van der Waals surface area (Å²) in [4.78, 5) is 22.8. The first kappa shape index (κ1) is 15.1. The Hall–Kier alpha value is -2.31. The Morgan fingerprint density at radius 3 is 2.62 bits per heavy atom. The van der Waals surface area contributed by atoms with Crippen LogP contribution in [0.15, 0.2) is 35.3 Å². The fourth-order valence-electron chi connectivity index (χ4n) is 1.99. The number of rotatable bonds is 3. The van der Waals surface area contributed by atoms with Crippen molar-refractivity contribution in [2.24, 2.45) is 0 Å². The van der Waals surface area contributed by atoms with Crippen molar-refractivity contribution in [3.05, 3.63) is 46.2 Å². The monoisotopic (exact) mass is 299 g/mol. The van der Waals surface area contributed by atoms with E-state index in [2.05, 4.69) is 4.74 Å². The molecule has 2 rings (SSSR count). The Kier molecular flexibility index (Phi) is 4.02. The van der Waals surface area contributed by atoms with Gasteiger partial charge in [-0.1, -0.05) is 0 Å². The van der Waals surface area contributed by atoms with Crippen LogP contribution in [-0.4, -0.2) is 17.6 Å². The number of methoxy groups -OCH3 is 1. The summed E-state index contributed by atoms with van der Waals surface area (Å²) in [6.07, 6.45) is -3.12. The molecule has 0 saturated heterocycles. The third-order valence-corrected chi connectivity index (χ3v) is 3.09. The number of ether oxygens (including phenoxy) is 1. The molecule has 7 heteroatoms. The van der Waals surface area contributed by atoms with Crippen molar-refractivity contribution < 1.29 is 22.7 Å². The number of aromatic nitrogens is 1. The molecule has 0 spiro atoms. The van der Waals surface area contributed by atoms with Crippen LogP contribution in [-0.2, 0) is 22.3 Å². The highest BCUT2D eigenvalue weighted by molar-refractivity contribution is 5.80. The van der Waals surface area contributed by atoms with Crippen molar-refractivity contribution in [3.8, 4) is 0 Å². The fourth-order valence-corrected chi connectivity index (χ4v) is 1.99. The SMILES string of the molecule is COC(=O)CCn1ccc(=O)c2ccc(C(F)(F)F)cc21. The largest absolute Gasteiger partial charge is 0.469 e. The molecule has 0 aliphatic heterocycles. The van der Waals surface area contributed by atoms with Crippen LogP contribution >= 0.6 is 0 Å². The molecule has 0 aliphatic carbocycles. The molecule has 1 aromatic heterocycles. The number of hydrogen-bond acceptors (Lipinski definition) is 3. The lowest BCUT2D eigenvalue weighted by atomic mass is 10.1. The van der Waals surface area contributed by atoms with Crippen LogP contribution in [0, 0.1) is 0 Å². The average Bonchev–Trinajstić information content (AvgIpc) is 2.45. The molecule has 1 heterocycles. The van der Waals surface area contributed by atoms with E-state index in [4.69, 9.17) is 0 Å². The summed E-state index contributed by atoms with van der Waals surface area (Å²) in [5.74, 6) is -0.478. The predicted octanol–water partition coefficient (Wildman–Crippen LogP) is 2.58. The first-order valence-corrected chi connectivity index (χ1v) is 6.10. The molecule has 0 saturated carbocycles. The molecule has 0 unspecified atom stereocenters. The molecule has 4 nitrogen and oxygen atoms in total. The highest BCUT2D eigenvalue weighted by Crippen LogP contribution is 2.30. The number of hydrogen-bond donors (Lipinski definition) is 0. The number of esters is 1. The number of fused-ring (bicyclic) bond motifs is 1. The molecule has 21 heavy (non-hydrogen) atoms. The molecule has 0 atom stereocenters. The second kappa shape index (κ2) is 5.59. The molecule has 0 aliphatic rings. The minimum Gasteiger partial charge on any atom is -0.469 e. The Labute approximate surface area is 117 Å². The van der Waals surface area contributed by atoms with E-state index in [1.165, 1.54) is 23.9 Å². The molecule has 112 valence electrons. The maximum Gasteiger partial charge on any atom is 0.416 e. The van der Waals surface area contributed by atoms with Gasteiger partial charge in [-0.25, -0.2) is 0 Å². The van der Waals surface area contributed by atoms with Crippen molar-refractivity contribution in [3.63, 3.8) is 0 Å². The minimum atomic E-state index is -4.49. The van der Waals surface area contributed by atoms with Crippen LogP contribution in [0.2, 0.25) is 0 Å². The number of pyridine rings is 1. The van der Waals surface area contributed by atoms with E-state index in [-0.39, 0.29) is 29.3 Å². The normalized spacial score (nSPS) is 11.6. The van der Waals surface area contributed by atoms with Gasteiger partial charge in [0.2, 0.25) is 0 Å². The van der Waals surface area contributed by atoms with Crippen LogP contribution in [0.3, 0.4) is 0 Å². The van der Waals surface area contributed by atoms with Crippen LogP contribution in [0.4, 0.5) is 13.2 Å². The maximum atomic E-state index is 12.8. The van der Waals surface area contributed by atoms with Gasteiger partial charge in [-0.15, -0.1) is 0 Å². The lowest BCUT2D eigenvalue weighted by molar-refractivity contribution is -0.141. The van der Waals surface area contributed by atoms with Crippen molar-refractivity contribution in [1.29, 1.82) is 0 Å².